The van der Waals surface area contributed by atoms with Gasteiger partial charge in [-0.3, -0.25) is 14.4 Å². The molecule has 0 unspecified atom stereocenters. The lowest BCUT2D eigenvalue weighted by atomic mass is 10.2. The second kappa shape index (κ2) is 13.1. The van der Waals surface area contributed by atoms with E-state index in [1.165, 1.54) is 0 Å². The molecular weight excluding hydrogens is 414 g/mol. The highest BCUT2D eigenvalue weighted by Gasteiger charge is 2.15. The highest BCUT2D eigenvalue weighted by molar-refractivity contribution is 7.80. The van der Waals surface area contributed by atoms with Gasteiger partial charge in [-0.25, -0.2) is 0 Å². The molecule has 0 aliphatic carbocycles. The zero-order chi connectivity index (χ0) is 22.5. The van der Waals surface area contributed by atoms with E-state index in [1.54, 1.807) is 4.90 Å². The molecule has 0 atom stereocenters. The number of carbonyl (C=O) groups is 3. The van der Waals surface area contributed by atoms with Gasteiger partial charge < -0.3 is 20.7 Å². The molecule has 8 heteroatoms. The summed E-state index contributed by atoms with van der Waals surface area (Å²) in [5, 5.41) is 2.81. The molecule has 2 amide bonds. The van der Waals surface area contributed by atoms with Gasteiger partial charge in [-0.1, -0.05) is 60.7 Å². The molecule has 0 aliphatic rings. The van der Waals surface area contributed by atoms with Crippen molar-refractivity contribution in [2.75, 3.05) is 13.2 Å². The van der Waals surface area contributed by atoms with Crippen molar-refractivity contribution in [1.82, 2.24) is 10.2 Å². The van der Waals surface area contributed by atoms with E-state index < -0.39 is 11.9 Å². The van der Waals surface area contributed by atoms with Crippen molar-refractivity contribution in [3.63, 3.8) is 0 Å². The molecular formula is C23H27N3O4S. The Morgan fingerprint density at radius 3 is 2.13 bits per heavy atom. The average Bonchev–Trinajstić information content (AvgIpc) is 2.76. The predicted octanol–water partition coefficient (Wildman–Crippen LogP) is 2.33. The van der Waals surface area contributed by atoms with Crippen LogP contribution < -0.4 is 11.1 Å². The minimum absolute atomic E-state index is 0.0385. The SMILES string of the molecule is NC(=O)CCN(Cc1ccccc1)C(=S)NC(=O)CCC(=O)OCCc1ccccc1. The quantitative estimate of drug-likeness (QED) is 0.410. The predicted molar refractivity (Wildman–Crippen MR) is 122 cm³/mol. The van der Waals surface area contributed by atoms with Crippen molar-refractivity contribution in [3.8, 4) is 0 Å². The Morgan fingerprint density at radius 1 is 0.903 bits per heavy atom. The number of nitrogens with two attached hydrogens (primary N) is 1. The van der Waals surface area contributed by atoms with E-state index in [4.69, 9.17) is 22.7 Å². The number of thiocarbonyl (C=S) groups is 1. The summed E-state index contributed by atoms with van der Waals surface area (Å²) < 4.78 is 5.18. The van der Waals surface area contributed by atoms with Gasteiger partial charge in [0.25, 0.3) is 0 Å². The fourth-order valence-corrected chi connectivity index (χ4v) is 3.05. The molecule has 164 valence electrons. The number of hydrogen-bond acceptors (Lipinski definition) is 5. The highest BCUT2D eigenvalue weighted by Crippen LogP contribution is 2.06. The van der Waals surface area contributed by atoms with Crippen LogP contribution in [0.2, 0.25) is 0 Å². The summed E-state index contributed by atoms with van der Waals surface area (Å²) in [6.07, 6.45) is 0.649. The average molecular weight is 442 g/mol. The molecule has 2 rings (SSSR count). The fraction of sp³-hybridized carbons (Fsp3) is 0.304. The largest absolute Gasteiger partial charge is 0.465 e. The summed E-state index contributed by atoms with van der Waals surface area (Å²) >= 11 is 5.33. The van der Waals surface area contributed by atoms with Gasteiger partial charge in [-0.2, -0.15) is 0 Å². The molecule has 0 spiro atoms. The first-order chi connectivity index (χ1) is 14.9. The van der Waals surface area contributed by atoms with Gasteiger partial charge in [0, 0.05) is 32.4 Å². The van der Waals surface area contributed by atoms with Crippen molar-refractivity contribution < 1.29 is 19.1 Å². The van der Waals surface area contributed by atoms with Crippen molar-refractivity contribution in [2.45, 2.75) is 32.2 Å². The monoisotopic (exact) mass is 441 g/mol. The third kappa shape index (κ3) is 9.86. The Hall–Kier alpha value is -3.26. The van der Waals surface area contributed by atoms with Crippen molar-refractivity contribution in [2.24, 2.45) is 5.73 Å². The molecule has 2 aromatic carbocycles. The van der Waals surface area contributed by atoms with E-state index >= 15 is 0 Å². The van der Waals surface area contributed by atoms with Gasteiger partial charge in [0.05, 0.1) is 13.0 Å². The Kier molecular flexibility index (Phi) is 10.2. The third-order valence-corrected chi connectivity index (χ3v) is 4.79. The van der Waals surface area contributed by atoms with Gasteiger partial charge in [0.1, 0.15) is 0 Å². The Labute approximate surface area is 187 Å². The molecule has 2 aromatic rings. The minimum Gasteiger partial charge on any atom is -0.465 e. The molecule has 0 radical (unpaired) electrons. The number of nitrogens with one attached hydrogen (secondary N) is 1. The standard InChI is InChI=1S/C23H27N3O4S/c24-20(27)13-15-26(17-19-9-5-2-6-10-19)23(31)25-21(28)11-12-22(29)30-16-14-18-7-3-1-4-8-18/h1-10H,11-17H2,(H2,24,27)(H,25,28,31). The molecule has 0 aliphatic heterocycles. The Morgan fingerprint density at radius 2 is 1.52 bits per heavy atom. The second-order valence-corrected chi connectivity index (χ2v) is 7.32. The summed E-state index contributed by atoms with van der Waals surface area (Å²) in [5.41, 5.74) is 7.30. The molecule has 0 fully saturated rings. The molecule has 0 aromatic heterocycles. The molecule has 31 heavy (non-hydrogen) atoms. The number of amides is 2. The fourth-order valence-electron chi connectivity index (χ4n) is 2.78. The lowest BCUT2D eigenvalue weighted by molar-refractivity contribution is -0.144. The highest BCUT2D eigenvalue weighted by atomic mass is 32.1. The van der Waals surface area contributed by atoms with Crippen molar-refractivity contribution in [1.29, 1.82) is 0 Å². The van der Waals surface area contributed by atoms with Crippen LogP contribution in [0.25, 0.3) is 0 Å². The smallest absolute Gasteiger partial charge is 0.306 e. The zero-order valence-corrected chi connectivity index (χ0v) is 18.1. The van der Waals surface area contributed by atoms with Crippen molar-refractivity contribution >= 4 is 35.1 Å². The van der Waals surface area contributed by atoms with Crippen LogP contribution in [-0.2, 0) is 32.1 Å². The number of esters is 1. The maximum absolute atomic E-state index is 12.2. The Bertz CT molecular complexity index is 875. The molecule has 3 N–H and O–H groups in total. The van der Waals surface area contributed by atoms with Gasteiger partial charge in [-0.05, 0) is 23.3 Å². The summed E-state index contributed by atoms with van der Waals surface area (Å²) in [6, 6.07) is 19.2. The summed E-state index contributed by atoms with van der Waals surface area (Å²) in [5.74, 6) is -1.28. The third-order valence-electron chi connectivity index (χ3n) is 4.43. The van der Waals surface area contributed by atoms with E-state index in [0.29, 0.717) is 13.0 Å². The van der Waals surface area contributed by atoms with E-state index in [2.05, 4.69) is 5.32 Å². The first-order valence-electron chi connectivity index (χ1n) is 10.0. The first-order valence-corrected chi connectivity index (χ1v) is 10.5. The van der Waals surface area contributed by atoms with Crippen LogP contribution in [0.4, 0.5) is 0 Å². The van der Waals surface area contributed by atoms with Crippen LogP contribution in [0, 0.1) is 0 Å². The van der Waals surface area contributed by atoms with E-state index in [-0.39, 0.29) is 43.4 Å². The molecule has 0 saturated carbocycles. The molecule has 0 bridgehead atoms. The lowest BCUT2D eigenvalue weighted by Gasteiger charge is -2.25. The second-order valence-electron chi connectivity index (χ2n) is 6.93. The summed E-state index contributed by atoms with van der Waals surface area (Å²) in [7, 11) is 0. The van der Waals surface area contributed by atoms with Crippen molar-refractivity contribution in [3.05, 3.63) is 71.8 Å². The van der Waals surface area contributed by atoms with E-state index in [0.717, 1.165) is 11.1 Å². The summed E-state index contributed by atoms with van der Waals surface area (Å²) in [4.78, 5) is 37.0. The number of primary amides is 1. The normalized spacial score (nSPS) is 10.2. The van der Waals surface area contributed by atoms with E-state index in [1.807, 2.05) is 60.7 Å². The van der Waals surface area contributed by atoms with Crippen LogP contribution in [0.15, 0.2) is 60.7 Å². The van der Waals surface area contributed by atoms with Gasteiger partial charge in [-0.15, -0.1) is 0 Å². The molecule has 7 nitrogen and oxygen atoms in total. The Balaban J connectivity index is 1.76. The first kappa shape index (κ1) is 24.0. The molecule has 0 saturated heterocycles. The number of carbonyl (C=O) groups excluding carboxylic acids is 3. The van der Waals surface area contributed by atoms with Gasteiger partial charge in [0.15, 0.2) is 5.11 Å². The van der Waals surface area contributed by atoms with Gasteiger partial charge >= 0.3 is 5.97 Å². The maximum Gasteiger partial charge on any atom is 0.306 e. The summed E-state index contributed by atoms with van der Waals surface area (Å²) in [6.45, 7) is 0.973. The lowest BCUT2D eigenvalue weighted by Crippen LogP contribution is -2.43. The number of hydrogen-bond donors (Lipinski definition) is 2. The molecule has 0 heterocycles. The van der Waals surface area contributed by atoms with Crippen LogP contribution in [-0.4, -0.2) is 40.9 Å². The van der Waals surface area contributed by atoms with E-state index in [9.17, 15) is 14.4 Å². The van der Waals surface area contributed by atoms with Gasteiger partial charge in [0.2, 0.25) is 11.8 Å². The van der Waals surface area contributed by atoms with Crippen LogP contribution in [0.3, 0.4) is 0 Å². The number of nitrogens with zero attached hydrogens (tertiary/aromatic N) is 1. The van der Waals surface area contributed by atoms with Crippen LogP contribution in [0.5, 0.6) is 0 Å². The number of ether oxygens (including phenoxy) is 1. The zero-order valence-electron chi connectivity index (χ0n) is 17.3. The van der Waals surface area contributed by atoms with Crippen LogP contribution in [0.1, 0.15) is 30.4 Å². The maximum atomic E-state index is 12.2. The van der Waals surface area contributed by atoms with Crippen LogP contribution >= 0.6 is 12.2 Å². The topological polar surface area (TPSA) is 102 Å². The number of rotatable bonds is 11. The number of benzene rings is 2. The minimum atomic E-state index is -0.453.